The number of esters is 1. The highest BCUT2D eigenvalue weighted by atomic mass is 19.4. The molecule has 0 spiro atoms. The van der Waals surface area contributed by atoms with Crippen molar-refractivity contribution in [3.05, 3.63) is 60.2 Å². The molecule has 0 radical (unpaired) electrons. The Morgan fingerprint density at radius 1 is 1.00 bits per heavy atom. The number of rotatable bonds is 7. The Morgan fingerprint density at radius 2 is 1.79 bits per heavy atom. The van der Waals surface area contributed by atoms with E-state index in [4.69, 9.17) is 4.74 Å². The number of benzene rings is 2. The minimum Gasteiger partial charge on any atom is -0.424 e. The lowest BCUT2D eigenvalue weighted by atomic mass is 10.1. The van der Waals surface area contributed by atoms with Gasteiger partial charge in [0.2, 0.25) is 0 Å². The molecule has 0 unspecified atom stereocenters. The summed E-state index contributed by atoms with van der Waals surface area (Å²) in [6, 6.07) is 13.7. The van der Waals surface area contributed by atoms with E-state index in [1.165, 1.54) is 6.07 Å². The van der Waals surface area contributed by atoms with Crippen LogP contribution in [0.3, 0.4) is 0 Å². The van der Waals surface area contributed by atoms with Crippen LogP contribution < -0.4 is 4.74 Å². The Morgan fingerprint density at radius 3 is 2.55 bits per heavy atom. The minimum atomic E-state index is -4.43. The number of hydrogen-bond acceptors (Lipinski definition) is 3. The van der Waals surface area contributed by atoms with Crippen LogP contribution in [0, 0.1) is 0 Å². The third-order valence-corrected chi connectivity index (χ3v) is 4.63. The summed E-state index contributed by atoms with van der Waals surface area (Å²) in [7, 11) is 0. The van der Waals surface area contributed by atoms with Crippen LogP contribution in [0.2, 0.25) is 0 Å². The highest BCUT2D eigenvalue weighted by Crippen LogP contribution is 2.33. The van der Waals surface area contributed by atoms with Gasteiger partial charge in [-0.25, -0.2) is 4.98 Å². The van der Waals surface area contributed by atoms with Gasteiger partial charge in [0.1, 0.15) is 5.52 Å². The predicted octanol–water partition coefficient (Wildman–Crippen LogP) is 6.80. The first-order chi connectivity index (χ1) is 13.9. The Bertz CT molecular complexity index is 999. The maximum Gasteiger partial charge on any atom is 0.416 e. The van der Waals surface area contributed by atoms with Crippen molar-refractivity contribution < 1.29 is 22.7 Å². The van der Waals surface area contributed by atoms with Crippen LogP contribution >= 0.6 is 0 Å². The summed E-state index contributed by atoms with van der Waals surface area (Å²) in [5, 5.41) is 0.747. The summed E-state index contributed by atoms with van der Waals surface area (Å²) in [5.74, 6) is -0.0170. The van der Waals surface area contributed by atoms with Crippen molar-refractivity contribution in [3.63, 3.8) is 0 Å². The fraction of sp³-hybridized carbons (Fsp3) is 0.304. The monoisotopic (exact) mass is 401 g/mol. The van der Waals surface area contributed by atoms with E-state index >= 15 is 0 Å². The molecule has 0 atom stereocenters. The quantitative estimate of drug-likeness (QED) is 0.248. The molecule has 0 aliphatic rings. The van der Waals surface area contributed by atoms with E-state index in [0.29, 0.717) is 28.9 Å². The number of para-hydroxylation sites is 1. The number of carbonyl (C=O) groups excluding carboxylic acids is 1. The van der Waals surface area contributed by atoms with E-state index in [-0.39, 0.29) is 5.97 Å². The molecule has 0 aliphatic heterocycles. The molecule has 0 N–H and O–H groups in total. The lowest BCUT2D eigenvalue weighted by molar-refractivity contribution is -0.137. The number of unbranched alkanes of at least 4 members (excludes halogenated alkanes) is 3. The second-order valence-corrected chi connectivity index (χ2v) is 6.89. The van der Waals surface area contributed by atoms with Gasteiger partial charge in [-0.2, -0.15) is 13.2 Å². The zero-order valence-corrected chi connectivity index (χ0v) is 16.1. The molecule has 6 heteroatoms. The molecular formula is C23H22F3NO2. The number of carbonyl (C=O) groups is 1. The lowest BCUT2D eigenvalue weighted by Crippen LogP contribution is -2.08. The van der Waals surface area contributed by atoms with Gasteiger partial charge in [-0.05, 0) is 30.7 Å². The van der Waals surface area contributed by atoms with Crippen molar-refractivity contribution in [1.29, 1.82) is 0 Å². The van der Waals surface area contributed by atoms with Crippen molar-refractivity contribution in [2.75, 3.05) is 0 Å². The number of nitrogens with zero attached hydrogens (tertiary/aromatic N) is 1. The first-order valence-electron chi connectivity index (χ1n) is 9.66. The first-order valence-corrected chi connectivity index (χ1v) is 9.66. The molecular weight excluding hydrogens is 379 g/mol. The number of fused-ring (bicyclic) bond motifs is 1. The summed E-state index contributed by atoms with van der Waals surface area (Å²) in [6.07, 6.45) is -0.210. The number of pyridine rings is 1. The normalized spacial score (nSPS) is 11.6. The molecule has 0 aliphatic carbocycles. The molecule has 3 aromatic rings. The van der Waals surface area contributed by atoms with Crippen LogP contribution in [0.5, 0.6) is 5.75 Å². The fourth-order valence-electron chi connectivity index (χ4n) is 3.09. The molecule has 2 aromatic carbocycles. The number of alkyl halides is 3. The molecule has 0 saturated heterocycles. The maximum absolute atomic E-state index is 13.0. The van der Waals surface area contributed by atoms with Crippen LogP contribution in [-0.2, 0) is 11.0 Å². The molecule has 0 amide bonds. The van der Waals surface area contributed by atoms with Gasteiger partial charge >= 0.3 is 12.1 Å². The van der Waals surface area contributed by atoms with Gasteiger partial charge in [-0.3, -0.25) is 4.79 Å². The SMILES string of the molecule is CCCCCCC(=O)Oc1cccc2ccc(-c3cccc(C(F)(F)F)c3)nc12. The highest BCUT2D eigenvalue weighted by Gasteiger charge is 2.30. The third-order valence-electron chi connectivity index (χ3n) is 4.63. The Hall–Kier alpha value is -2.89. The smallest absolute Gasteiger partial charge is 0.416 e. The number of halogens is 3. The molecule has 3 rings (SSSR count). The van der Waals surface area contributed by atoms with E-state index in [1.54, 1.807) is 30.3 Å². The topological polar surface area (TPSA) is 39.2 Å². The molecule has 29 heavy (non-hydrogen) atoms. The second-order valence-electron chi connectivity index (χ2n) is 6.89. The van der Waals surface area contributed by atoms with E-state index in [2.05, 4.69) is 11.9 Å². The number of hydrogen-bond donors (Lipinski definition) is 0. The second kappa shape index (κ2) is 9.07. The number of ether oxygens (including phenoxy) is 1. The zero-order chi connectivity index (χ0) is 20.9. The molecule has 1 heterocycles. The van der Waals surface area contributed by atoms with Crippen molar-refractivity contribution in [2.45, 2.75) is 45.2 Å². The van der Waals surface area contributed by atoms with E-state index < -0.39 is 11.7 Å². The van der Waals surface area contributed by atoms with Crippen molar-refractivity contribution in [2.24, 2.45) is 0 Å². The Kier molecular flexibility index (Phi) is 6.52. The van der Waals surface area contributed by atoms with Crippen LogP contribution in [0.1, 0.15) is 44.6 Å². The Balaban J connectivity index is 1.88. The zero-order valence-electron chi connectivity index (χ0n) is 16.1. The molecule has 1 aromatic heterocycles. The fourth-order valence-corrected chi connectivity index (χ4v) is 3.09. The van der Waals surface area contributed by atoms with E-state index in [0.717, 1.165) is 43.2 Å². The van der Waals surface area contributed by atoms with E-state index in [9.17, 15) is 18.0 Å². The van der Waals surface area contributed by atoms with Crippen LogP contribution in [-0.4, -0.2) is 11.0 Å². The van der Waals surface area contributed by atoms with Gasteiger partial charge in [-0.1, -0.05) is 56.5 Å². The van der Waals surface area contributed by atoms with Crippen LogP contribution in [0.25, 0.3) is 22.2 Å². The van der Waals surface area contributed by atoms with Crippen molar-refractivity contribution in [3.8, 4) is 17.0 Å². The van der Waals surface area contributed by atoms with Crippen molar-refractivity contribution >= 4 is 16.9 Å². The van der Waals surface area contributed by atoms with Crippen LogP contribution in [0.4, 0.5) is 13.2 Å². The summed E-state index contributed by atoms with van der Waals surface area (Å²) < 4.78 is 44.5. The summed E-state index contributed by atoms with van der Waals surface area (Å²) in [5.41, 5.74) is 0.450. The third kappa shape index (κ3) is 5.34. The average Bonchev–Trinajstić information content (AvgIpc) is 2.71. The number of aromatic nitrogens is 1. The van der Waals surface area contributed by atoms with Gasteiger partial charge < -0.3 is 4.74 Å². The predicted molar refractivity (Wildman–Crippen MR) is 107 cm³/mol. The maximum atomic E-state index is 13.0. The largest absolute Gasteiger partial charge is 0.424 e. The summed E-state index contributed by atoms with van der Waals surface area (Å²) in [4.78, 5) is 16.6. The van der Waals surface area contributed by atoms with Gasteiger partial charge in [0.25, 0.3) is 0 Å². The molecule has 152 valence electrons. The summed E-state index contributed by atoms with van der Waals surface area (Å²) in [6.45, 7) is 2.10. The molecule has 3 nitrogen and oxygen atoms in total. The standard InChI is InChI=1S/C23H22F3NO2/c1-2-3-4-5-12-21(28)29-20-11-7-8-16-13-14-19(27-22(16)20)17-9-6-10-18(15-17)23(24,25)26/h6-11,13-15H,2-5,12H2,1H3. The molecule has 0 fully saturated rings. The van der Waals surface area contributed by atoms with Gasteiger partial charge in [0.15, 0.2) is 5.75 Å². The van der Waals surface area contributed by atoms with Gasteiger partial charge in [-0.15, -0.1) is 0 Å². The lowest BCUT2D eigenvalue weighted by Gasteiger charge is -2.11. The first kappa shape index (κ1) is 20.8. The van der Waals surface area contributed by atoms with Gasteiger partial charge in [0.05, 0.1) is 11.3 Å². The average molecular weight is 401 g/mol. The van der Waals surface area contributed by atoms with E-state index in [1.807, 2.05) is 6.07 Å². The Labute approximate surface area is 167 Å². The van der Waals surface area contributed by atoms with Crippen LogP contribution in [0.15, 0.2) is 54.6 Å². The van der Waals surface area contributed by atoms with Crippen molar-refractivity contribution in [1.82, 2.24) is 4.98 Å². The summed E-state index contributed by atoms with van der Waals surface area (Å²) >= 11 is 0. The van der Waals surface area contributed by atoms with Gasteiger partial charge in [0, 0.05) is 17.4 Å². The highest BCUT2D eigenvalue weighted by molar-refractivity contribution is 5.89. The molecule has 0 saturated carbocycles. The molecule has 0 bridgehead atoms. The minimum absolute atomic E-state index is 0.316.